The molecule has 1 aromatic heterocycles. The Morgan fingerprint density at radius 1 is 1.22 bits per heavy atom. The number of carbonyl (C=O) groups is 1. The monoisotopic (exact) mass is 469 g/mol. The van der Waals surface area contributed by atoms with Gasteiger partial charge in [-0.2, -0.15) is 10.0 Å². The van der Waals surface area contributed by atoms with Gasteiger partial charge in [0.2, 0.25) is 5.17 Å². The third-order valence-corrected chi connectivity index (χ3v) is 7.03. The molecule has 1 N–H and O–H groups in total. The molecule has 0 unspecified atom stereocenters. The summed E-state index contributed by atoms with van der Waals surface area (Å²) in [5, 5.41) is 14.9. The summed E-state index contributed by atoms with van der Waals surface area (Å²) in [4.78, 5) is 16.9. The van der Waals surface area contributed by atoms with Crippen molar-refractivity contribution in [1.82, 2.24) is 9.58 Å². The Kier molecular flexibility index (Phi) is 6.16. The lowest BCUT2D eigenvalue weighted by atomic mass is 10.1. The molecular weight excluding hydrogens is 446 g/mol. The van der Waals surface area contributed by atoms with Crippen LogP contribution in [0.5, 0.6) is 11.5 Å². The number of nitrogens with zero attached hydrogens (tertiary/aromatic N) is 4. The second kappa shape index (κ2) is 8.87. The van der Waals surface area contributed by atoms with E-state index in [1.165, 1.54) is 16.8 Å². The highest BCUT2D eigenvalue weighted by atomic mass is 32.2. The first-order valence-electron chi connectivity index (χ1n) is 9.92. The van der Waals surface area contributed by atoms with E-state index in [9.17, 15) is 4.79 Å². The molecule has 32 heavy (non-hydrogen) atoms. The highest BCUT2D eigenvalue weighted by molar-refractivity contribution is 8.45. The Hall–Kier alpha value is -2.98. The normalized spacial score (nSPS) is 16.9. The van der Waals surface area contributed by atoms with E-state index < -0.39 is 5.91 Å². The van der Waals surface area contributed by atoms with Crippen LogP contribution in [0.2, 0.25) is 0 Å². The first-order chi connectivity index (χ1) is 15.4. The minimum atomic E-state index is -0.432. The van der Waals surface area contributed by atoms with Crippen LogP contribution in [-0.2, 0) is 4.79 Å². The highest BCUT2D eigenvalue weighted by Gasteiger charge is 2.35. The number of hydrogen-bond acceptors (Lipinski definition) is 7. The maximum absolute atomic E-state index is 12.7. The molecule has 1 aromatic carbocycles. The minimum Gasteiger partial charge on any atom is -0.497 e. The summed E-state index contributed by atoms with van der Waals surface area (Å²) < 4.78 is 13.7. The van der Waals surface area contributed by atoms with E-state index in [-0.39, 0.29) is 11.4 Å². The number of hydrogen-bond donors (Lipinski definition) is 1. The van der Waals surface area contributed by atoms with Gasteiger partial charge in [-0.05, 0) is 61.2 Å². The summed E-state index contributed by atoms with van der Waals surface area (Å²) in [5.74, 6) is 1.84. The summed E-state index contributed by atoms with van der Waals surface area (Å²) in [6.45, 7) is 5.98. The van der Waals surface area contributed by atoms with Crippen LogP contribution < -0.4 is 9.47 Å². The Balaban J connectivity index is 1.74. The number of aryl methyl sites for hydroxylation is 1. The van der Waals surface area contributed by atoms with Crippen molar-refractivity contribution in [2.75, 3.05) is 20.0 Å². The van der Waals surface area contributed by atoms with E-state index in [1.54, 1.807) is 32.1 Å². The summed E-state index contributed by atoms with van der Waals surface area (Å²) in [6.07, 6.45) is 1.71. The Morgan fingerprint density at radius 3 is 2.69 bits per heavy atom. The topological polar surface area (TPSA) is 92.3 Å². The SMILES string of the molecule is CCSC1=NN2C(=N)/C(=C\c3cc(C)n(-c4ccc(OC)cc4OC)c3C)C(=O)N=C2S1. The zero-order valence-corrected chi connectivity index (χ0v) is 20.1. The maximum Gasteiger partial charge on any atom is 0.283 e. The number of aliphatic imine (C=N–C) groups is 1. The average Bonchev–Trinajstić information content (AvgIpc) is 3.30. The van der Waals surface area contributed by atoms with Crippen LogP contribution in [0.4, 0.5) is 0 Å². The van der Waals surface area contributed by atoms with Gasteiger partial charge in [-0.15, -0.1) is 5.10 Å². The third-order valence-electron chi connectivity index (χ3n) is 5.10. The lowest BCUT2D eigenvalue weighted by Gasteiger charge is -2.20. The maximum atomic E-state index is 12.7. The Bertz CT molecular complexity index is 1210. The number of carbonyl (C=O) groups excluding carboxylic acids is 1. The molecule has 3 heterocycles. The minimum absolute atomic E-state index is 0.0334. The number of nitrogens with one attached hydrogen (secondary N) is 1. The van der Waals surface area contributed by atoms with E-state index in [0.717, 1.165) is 32.8 Å². The second-order valence-corrected chi connectivity index (χ2v) is 9.49. The number of rotatable bonds is 5. The number of amides is 1. The van der Waals surface area contributed by atoms with Gasteiger partial charge in [-0.25, -0.2) is 0 Å². The molecule has 2 aliphatic rings. The van der Waals surface area contributed by atoms with Crippen molar-refractivity contribution < 1.29 is 14.3 Å². The zero-order chi connectivity index (χ0) is 23.0. The van der Waals surface area contributed by atoms with Crippen LogP contribution >= 0.6 is 23.5 Å². The molecule has 2 aromatic rings. The summed E-state index contributed by atoms with van der Waals surface area (Å²) in [5.41, 5.74) is 3.78. The van der Waals surface area contributed by atoms with Crippen LogP contribution in [0.15, 0.2) is 39.9 Å². The summed E-state index contributed by atoms with van der Waals surface area (Å²) >= 11 is 2.88. The zero-order valence-electron chi connectivity index (χ0n) is 18.4. The highest BCUT2D eigenvalue weighted by Crippen LogP contribution is 2.34. The molecule has 0 atom stereocenters. The molecule has 0 fully saturated rings. The number of benzene rings is 1. The molecule has 0 radical (unpaired) electrons. The van der Waals surface area contributed by atoms with Gasteiger partial charge >= 0.3 is 0 Å². The van der Waals surface area contributed by atoms with Gasteiger partial charge < -0.3 is 14.0 Å². The predicted molar refractivity (Wildman–Crippen MR) is 131 cm³/mol. The summed E-state index contributed by atoms with van der Waals surface area (Å²) in [6, 6.07) is 7.62. The van der Waals surface area contributed by atoms with Crippen LogP contribution in [0.1, 0.15) is 23.9 Å². The lowest BCUT2D eigenvalue weighted by Crippen LogP contribution is -2.35. The quantitative estimate of drug-likeness (QED) is 0.651. The van der Waals surface area contributed by atoms with Crippen LogP contribution in [0.3, 0.4) is 0 Å². The smallest absolute Gasteiger partial charge is 0.283 e. The number of aromatic nitrogens is 1. The molecule has 8 nitrogen and oxygen atoms in total. The fraction of sp³-hybridized carbons (Fsp3) is 0.273. The van der Waals surface area contributed by atoms with Gasteiger partial charge in [0.25, 0.3) is 5.91 Å². The van der Waals surface area contributed by atoms with Crippen molar-refractivity contribution in [3.05, 3.63) is 46.8 Å². The standard InChI is InChI=1S/C22H23N5O3S2/c1-6-31-22-25-27-19(23)16(20(28)24-21(27)32-22)10-14-9-12(2)26(13(14)3)17-8-7-15(29-4)11-18(17)30-5/h7-11,23H,6H2,1-5H3/b16-10+,23-19?. The molecule has 2 aliphatic heterocycles. The summed E-state index contributed by atoms with van der Waals surface area (Å²) in [7, 11) is 3.23. The first kappa shape index (κ1) is 22.2. The van der Waals surface area contributed by atoms with Crippen LogP contribution in [0.25, 0.3) is 11.8 Å². The molecule has 0 saturated carbocycles. The van der Waals surface area contributed by atoms with Gasteiger partial charge in [0.1, 0.15) is 11.5 Å². The van der Waals surface area contributed by atoms with E-state index in [4.69, 9.17) is 14.9 Å². The van der Waals surface area contributed by atoms with Gasteiger partial charge in [0.15, 0.2) is 10.2 Å². The van der Waals surface area contributed by atoms with Crippen molar-refractivity contribution in [3.8, 4) is 17.2 Å². The molecule has 10 heteroatoms. The molecule has 0 saturated heterocycles. The van der Waals surface area contributed by atoms with Crippen LogP contribution in [-0.4, -0.2) is 50.8 Å². The number of methoxy groups -OCH3 is 2. The molecule has 0 aliphatic carbocycles. The fourth-order valence-corrected chi connectivity index (χ4v) is 5.41. The van der Waals surface area contributed by atoms with Crippen molar-refractivity contribution in [3.63, 3.8) is 0 Å². The number of fused-ring (bicyclic) bond motifs is 1. The lowest BCUT2D eigenvalue weighted by molar-refractivity contribution is -0.114. The largest absolute Gasteiger partial charge is 0.497 e. The average molecular weight is 470 g/mol. The first-order valence-corrected chi connectivity index (χ1v) is 11.7. The van der Waals surface area contributed by atoms with Gasteiger partial charge in [-0.1, -0.05) is 18.7 Å². The molecule has 1 amide bonds. The van der Waals surface area contributed by atoms with Crippen molar-refractivity contribution in [1.29, 1.82) is 5.41 Å². The van der Waals surface area contributed by atoms with Crippen LogP contribution in [0, 0.1) is 19.3 Å². The van der Waals surface area contributed by atoms with Gasteiger partial charge in [0, 0.05) is 17.5 Å². The van der Waals surface area contributed by atoms with Gasteiger partial charge in [-0.3, -0.25) is 10.2 Å². The van der Waals surface area contributed by atoms with E-state index in [2.05, 4.69) is 14.7 Å². The van der Waals surface area contributed by atoms with E-state index >= 15 is 0 Å². The van der Waals surface area contributed by atoms with Gasteiger partial charge in [0.05, 0.1) is 25.5 Å². The number of amidine groups is 2. The van der Waals surface area contributed by atoms with E-state index in [0.29, 0.717) is 16.7 Å². The number of hydrazone groups is 1. The number of thioether (sulfide) groups is 2. The fourth-order valence-electron chi connectivity index (χ4n) is 3.59. The third kappa shape index (κ3) is 3.84. The van der Waals surface area contributed by atoms with Crippen molar-refractivity contribution in [2.24, 2.45) is 10.1 Å². The number of ether oxygens (including phenoxy) is 2. The van der Waals surface area contributed by atoms with E-state index in [1.807, 2.05) is 45.0 Å². The predicted octanol–water partition coefficient (Wildman–Crippen LogP) is 4.44. The molecule has 0 bridgehead atoms. The Morgan fingerprint density at radius 2 is 2.00 bits per heavy atom. The molecular formula is C22H23N5O3S2. The molecule has 0 spiro atoms. The Labute approximate surface area is 194 Å². The molecule has 4 rings (SSSR count). The molecule has 166 valence electrons. The van der Waals surface area contributed by atoms with Crippen molar-refractivity contribution >= 4 is 50.9 Å². The van der Waals surface area contributed by atoms with Crippen molar-refractivity contribution in [2.45, 2.75) is 20.8 Å². The second-order valence-electron chi connectivity index (χ2n) is 7.02.